The Labute approximate surface area is 135 Å². The summed E-state index contributed by atoms with van der Waals surface area (Å²) < 4.78 is 12.5. The van der Waals surface area contributed by atoms with Gasteiger partial charge in [0.05, 0.1) is 11.0 Å². The number of nitrogens with zero attached hydrogens (tertiary/aromatic N) is 4. The second-order valence-corrected chi connectivity index (χ2v) is 12.3. The van der Waals surface area contributed by atoms with Crippen molar-refractivity contribution < 1.29 is 9.37 Å². The highest BCUT2D eigenvalue weighted by Crippen LogP contribution is 2.26. The van der Waals surface area contributed by atoms with Crippen molar-refractivity contribution >= 4 is 24.9 Å². The molecule has 1 aromatic carbocycles. The van der Waals surface area contributed by atoms with Crippen LogP contribution in [0.3, 0.4) is 0 Å². The van der Waals surface area contributed by atoms with Gasteiger partial charge in [0.1, 0.15) is 6.73 Å². The van der Waals surface area contributed by atoms with Crippen molar-refractivity contribution in [1.29, 1.82) is 0 Å². The Bertz CT molecular complexity index is 806. The minimum Gasteiger partial charge on any atom is -0.379 e. The summed E-state index contributed by atoms with van der Waals surface area (Å²) in [6.07, 6.45) is 0. The molecule has 0 saturated heterocycles. The summed E-state index contributed by atoms with van der Waals surface area (Å²) in [6.45, 7) is 8.11. The van der Waals surface area contributed by atoms with E-state index in [1.165, 1.54) is 0 Å². The fraction of sp³-hybridized carbons (Fsp3) is 0.400. The highest BCUT2D eigenvalue weighted by molar-refractivity contribution is 6.76. The number of aromatic nitrogens is 4. The topological polar surface area (TPSA) is 92.0 Å². The zero-order valence-electron chi connectivity index (χ0n) is 13.6. The molecule has 0 aliphatic rings. The van der Waals surface area contributed by atoms with E-state index in [1.54, 1.807) is 0 Å². The van der Waals surface area contributed by atoms with Crippen LogP contribution in [0.5, 0.6) is 0 Å². The molecular formula is C15H21N5O2Si. The van der Waals surface area contributed by atoms with Crippen LogP contribution in [0, 0.1) is 0 Å². The van der Waals surface area contributed by atoms with Crippen LogP contribution in [-0.4, -0.2) is 34.5 Å². The molecule has 122 valence electrons. The van der Waals surface area contributed by atoms with Crippen LogP contribution < -0.4 is 5.73 Å². The van der Waals surface area contributed by atoms with Gasteiger partial charge in [-0.1, -0.05) is 31.8 Å². The number of nitrogens with two attached hydrogens (primary N) is 1. The number of para-hydroxylation sites is 2. The highest BCUT2D eigenvalue weighted by atomic mass is 28.3. The minimum absolute atomic E-state index is 0.226. The van der Waals surface area contributed by atoms with Crippen LogP contribution in [0.4, 0.5) is 5.82 Å². The molecule has 23 heavy (non-hydrogen) atoms. The summed E-state index contributed by atoms with van der Waals surface area (Å²) in [6, 6.07) is 8.97. The lowest BCUT2D eigenvalue weighted by molar-refractivity contribution is 0.0908. The average Bonchev–Trinajstić information content (AvgIpc) is 3.06. The van der Waals surface area contributed by atoms with E-state index in [0.29, 0.717) is 18.2 Å². The highest BCUT2D eigenvalue weighted by Gasteiger charge is 2.19. The summed E-state index contributed by atoms with van der Waals surface area (Å²) in [5, 5.41) is 7.50. The molecule has 0 unspecified atom stereocenters. The monoisotopic (exact) mass is 331 g/mol. The molecule has 2 aromatic heterocycles. The van der Waals surface area contributed by atoms with Gasteiger partial charge in [-0.25, -0.2) is 9.61 Å². The first-order chi connectivity index (χ1) is 11.0. The van der Waals surface area contributed by atoms with Crippen molar-refractivity contribution in [2.75, 3.05) is 12.3 Å². The largest absolute Gasteiger partial charge is 0.379 e. The number of ether oxygens (including phenoxy) is 1. The lowest BCUT2D eigenvalue weighted by atomic mass is 10.3. The van der Waals surface area contributed by atoms with E-state index in [9.17, 15) is 0 Å². The van der Waals surface area contributed by atoms with Crippen molar-refractivity contribution in [1.82, 2.24) is 19.9 Å². The van der Waals surface area contributed by atoms with Gasteiger partial charge >= 0.3 is 0 Å². The lowest BCUT2D eigenvalue weighted by Gasteiger charge is -2.16. The standard InChI is InChI=1S/C15H21N5O2Si/c1-23(2,3)9-8-21-10-20-12-7-5-4-6-11(12)17-15(20)13-14(16)19-22-18-13/h4-7H,8-10H2,1-3H3,(H2,16,19). The smallest absolute Gasteiger partial charge is 0.199 e. The van der Waals surface area contributed by atoms with Gasteiger partial charge in [-0.15, -0.1) is 0 Å². The van der Waals surface area contributed by atoms with Crippen molar-refractivity contribution in [3.05, 3.63) is 24.3 Å². The fourth-order valence-electron chi connectivity index (χ4n) is 2.27. The van der Waals surface area contributed by atoms with E-state index in [1.807, 2.05) is 28.8 Å². The van der Waals surface area contributed by atoms with Gasteiger partial charge in [-0.05, 0) is 28.5 Å². The molecule has 0 spiro atoms. The Balaban J connectivity index is 1.89. The molecule has 0 radical (unpaired) electrons. The Morgan fingerprint density at radius 1 is 1.22 bits per heavy atom. The van der Waals surface area contributed by atoms with E-state index in [2.05, 4.69) is 34.9 Å². The summed E-state index contributed by atoms with van der Waals surface area (Å²) in [5.41, 5.74) is 8.09. The predicted molar refractivity (Wildman–Crippen MR) is 91.5 cm³/mol. The number of benzene rings is 1. The molecule has 8 heteroatoms. The third-order valence-corrected chi connectivity index (χ3v) is 5.30. The van der Waals surface area contributed by atoms with Gasteiger partial charge in [-0.2, -0.15) is 0 Å². The van der Waals surface area contributed by atoms with Gasteiger partial charge < -0.3 is 10.5 Å². The molecule has 2 heterocycles. The van der Waals surface area contributed by atoms with Crippen molar-refractivity contribution in [2.24, 2.45) is 0 Å². The molecule has 3 aromatic rings. The Kier molecular flexibility index (Phi) is 4.18. The van der Waals surface area contributed by atoms with Crippen molar-refractivity contribution in [3.63, 3.8) is 0 Å². The van der Waals surface area contributed by atoms with E-state index in [0.717, 1.165) is 23.7 Å². The number of hydrogen-bond donors (Lipinski definition) is 1. The van der Waals surface area contributed by atoms with Crippen LogP contribution in [0.1, 0.15) is 0 Å². The molecule has 7 nitrogen and oxygen atoms in total. The number of imidazole rings is 1. The number of fused-ring (bicyclic) bond motifs is 1. The first-order valence-corrected chi connectivity index (χ1v) is 11.3. The first kappa shape index (κ1) is 15.7. The zero-order chi connectivity index (χ0) is 16.4. The summed E-state index contributed by atoms with van der Waals surface area (Å²) in [7, 11) is -1.12. The Morgan fingerprint density at radius 2 is 2.00 bits per heavy atom. The van der Waals surface area contributed by atoms with Gasteiger partial charge in [0, 0.05) is 14.7 Å². The molecular weight excluding hydrogens is 310 g/mol. The predicted octanol–water partition coefficient (Wildman–Crippen LogP) is 2.98. The zero-order valence-corrected chi connectivity index (χ0v) is 14.6. The normalized spacial score (nSPS) is 12.1. The number of anilines is 1. The van der Waals surface area contributed by atoms with Crippen molar-refractivity contribution in [2.45, 2.75) is 32.4 Å². The number of nitrogen functional groups attached to an aromatic ring is 1. The maximum Gasteiger partial charge on any atom is 0.199 e. The maximum atomic E-state index is 5.88. The van der Waals surface area contributed by atoms with Gasteiger partial charge in [0.25, 0.3) is 0 Å². The van der Waals surface area contributed by atoms with Crippen LogP contribution in [0.15, 0.2) is 28.9 Å². The van der Waals surface area contributed by atoms with Gasteiger partial charge in [-0.3, -0.25) is 4.57 Å². The quantitative estimate of drug-likeness (QED) is 0.551. The SMILES string of the molecule is C[Si](C)(C)CCOCn1c(-c2nonc2N)nc2ccccc21. The van der Waals surface area contributed by atoms with E-state index in [4.69, 9.17) is 15.1 Å². The first-order valence-electron chi connectivity index (χ1n) is 7.57. The van der Waals surface area contributed by atoms with Gasteiger partial charge in [0.15, 0.2) is 17.3 Å². The molecule has 0 bridgehead atoms. The fourth-order valence-corrected chi connectivity index (χ4v) is 3.03. The van der Waals surface area contributed by atoms with Crippen LogP contribution in [0.25, 0.3) is 22.6 Å². The molecule has 2 N–H and O–H groups in total. The lowest BCUT2D eigenvalue weighted by Crippen LogP contribution is -2.22. The van der Waals surface area contributed by atoms with E-state index in [-0.39, 0.29) is 5.82 Å². The third-order valence-electron chi connectivity index (χ3n) is 3.60. The third kappa shape index (κ3) is 3.43. The number of hydrogen-bond acceptors (Lipinski definition) is 6. The molecule has 3 rings (SSSR count). The van der Waals surface area contributed by atoms with Crippen LogP contribution in [0.2, 0.25) is 25.7 Å². The maximum absolute atomic E-state index is 5.88. The van der Waals surface area contributed by atoms with E-state index < -0.39 is 8.07 Å². The van der Waals surface area contributed by atoms with Gasteiger partial charge in [0.2, 0.25) is 0 Å². The number of rotatable bonds is 6. The van der Waals surface area contributed by atoms with Crippen molar-refractivity contribution in [3.8, 4) is 11.5 Å². The second-order valence-electron chi connectivity index (χ2n) is 6.70. The second kappa shape index (κ2) is 6.13. The minimum atomic E-state index is -1.12. The molecule has 0 atom stereocenters. The summed E-state index contributed by atoms with van der Waals surface area (Å²) in [4.78, 5) is 4.59. The molecule has 0 fully saturated rings. The Morgan fingerprint density at radius 3 is 2.70 bits per heavy atom. The van der Waals surface area contributed by atoms with E-state index >= 15 is 0 Å². The molecule has 0 aliphatic heterocycles. The summed E-state index contributed by atoms with van der Waals surface area (Å²) >= 11 is 0. The average molecular weight is 331 g/mol. The van der Waals surface area contributed by atoms with Crippen LogP contribution in [-0.2, 0) is 11.5 Å². The molecule has 0 amide bonds. The summed E-state index contributed by atoms with van der Waals surface area (Å²) in [5.74, 6) is 0.835. The molecule has 0 aliphatic carbocycles. The molecule has 0 saturated carbocycles. The van der Waals surface area contributed by atoms with Crippen LogP contribution >= 0.6 is 0 Å². The Hall–Kier alpha value is -2.19.